The van der Waals surface area contributed by atoms with E-state index < -0.39 is 133 Å². The average Bonchev–Trinajstić information content (AvgIpc) is 1.30. The molecule has 6 rings (SSSR count). The number of nitrogens with zero attached hydrogens (tertiary/aromatic N) is 8. The molecule has 3 aliphatic rings. The maximum atomic E-state index is 14.5. The van der Waals surface area contributed by atoms with Crippen LogP contribution in [0.5, 0.6) is 23.5 Å². The van der Waals surface area contributed by atoms with E-state index in [4.69, 9.17) is 70.6 Å². The van der Waals surface area contributed by atoms with Crippen LogP contribution >= 0.6 is 23.2 Å². The minimum Gasteiger partial charge on any atom is -0.456 e. The summed E-state index contributed by atoms with van der Waals surface area (Å²) >= 11 is 13.7. The Hall–Kier alpha value is -6.01. The highest BCUT2D eigenvalue weighted by Gasteiger charge is 2.53. The van der Waals surface area contributed by atoms with Gasteiger partial charge in [0, 0.05) is 19.4 Å². The van der Waals surface area contributed by atoms with E-state index in [1.807, 2.05) is 32.9 Å². The summed E-state index contributed by atoms with van der Waals surface area (Å²) in [6.45, 7) is 18.1. The van der Waals surface area contributed by atoms with E-state index in [-0.39, 0.29) is 57.8 Å². The summed E-state index contributed by atoms with van der Waals surface area (Å²) in [5.41, 5.74) is 0.393. The fourth-order valence-corrected chi connectivity index (χ4v) is 10.1. The summed E-state index contributed by atoms with van der Waals surface area (Å²) in [4.78, 5) is 41.2. The Morgan fingerprint density at radius 2 is 1.46 bits per heavy atom. The normalized spacial score (nSPS) is 31.4. The Bertz CT molecular complexity index is 2900. The van der Waals surface area contributed by atoms with Gasteiger partial charge in [-0.1, -0.05) is 107 Å². The Balaban J connectivity index is 1.23. The van der Waals surface area contributed by atoms with E-state index in [2.05, 4.69) is 40.8 Å². The molecule has 0 amide bonds. The van der Waals surface area contributed by atoms with Crippen LogP contribution in [0.15, 0.2) is 71.4 Å². The zero-order valence-electron chi connectivity index (χ0n) is 48.7. The first-order valence-electron chi connectivity index (χ1n) is 27.3. The summed E-state index contributed by atoms with van der Waals surface area (Å²) in [5, 5.41) is 86.2. The molecule has 3 aromatic rings. The van der Waals surface area contributed by atoms with Crippen molar-refractivity contribution in [3.8, 4) is 23.5 Å². The van der Waals surface area contributed by atoms with E-state index in [9.17, 15) is 39.9 Å². The van der Waals surface area contributed by atoms with Crippen molar-refractivity contribution in [1.29, 1.82) is 0 Å². The molecule has 28 heteroatoms. The Kier molecular flexibility index (Phi) is 24.3. The number of ether oxygens (including phenoxy) is 10. The number of aliphatic hydroxyl groups is 5. The van der Waals surface area contributed by atoms with E-state index in [0.29, 0.717) is 23.1 Å². The molecule has 14 atom stereocenters. The molecule has 0 saturated carbocycles. The minimum absolute atomic E-state index is 0.0514. The second-order valence-electron chi connectivity index (χ2n) is 21.2. The van der Waals surface area contributed by atoms with Gasteiger partial charge >= 0.3 is 29.9 Å². The monoisotopic (exact) mass is 1220 g/mol. The second kappa shape index (κ2) is 30.4. The number of aromatic nitrogens is 8. The molecule has 0 radical (unpaired) electrons. The van der Waals surface area contributed by atoms with E-state index in [1.165, 1.54) is 33.1 Å². The number of methoxy groups -OCH3 is 1. The number of cyclic esters (lactones) is 1. The molecule has 84 heavy (non-hydrogen) atoms. The highest BCUT2D eigenvalue weighted by Crippen LogP contribution is 2.49. The molecule has 3 aliphatic heterocycles. The van der Waals surface area contributed by atoms with Crippen molar-refractivity contribution in [3.05, 3.63) is 92.6 Å². The van der Waals surface area contributed by atoms with Gasteiger partial charge in [0.1, 0.15) is 46.7 Å². The standard InChI is InChI=1S/C56H74Cl2N8O18/c1-13-32-22-28(6)35(68)18-16-15-17-33(50(73)78-36(30(8)67)20-19-27(5)21-29(7)43(32)80-52-41(70)40(69)48(56(10,11)84-52)83-49(72)26(3)4)23-76-53-47(75-12)42(71)44(31(9)77-53)79-51(74)37-34(14-2)38(57)46(82-55-65-61-25-62-66-55)39(58)45(37)81-54-63-59-24-60-64-54/h15-17,19,21-22,24-26,30-32,35-36,40-44,47-48,52-53,67-71H,13-14,18,20,23H2,1-12H3/b16-15+,27-19+,28-22+,29-21+,33-17+/t30-,31+,32+,35+,36+,40-,41+,42-,43+,44+,47-,48+,52-,53+/m1/s1. The zero-order valence-corrected chi connectivity index (χ0v) is 50.2. The average molecular weight is 1220 g/mol. The lowest BCUT2D eigenvalue weighted by Gasteiger charge is -2.47. The number of hydrogen-bond donors (Lipinski definition) is 5. The van der Waals surface area contributed by atoms with Crippen molar-refractivity contribution in [1.82, 2.24) is 40.8 Å². The Morgan fingerprint density at radius 1 is 0.833 bits per heavy atom. The van der Waals surface area contributed by atoms with Crippen LogP contribution in [0, 0.1) is 11.8 Å². The number of hydrogen-bond acceptors (Lipinski definition) is 26. The van der Waals surface area contributed by atoms with Crippen LogP contribution in [0.4, 0.5) is 0 Å². The third-order valence-electron chi connectivity index (χ3n) is 14.1. The maximum absolute atomic E-state index is 14.5. The topological polar surface area (TPSA) is 348 Å². The molecule has 0 spiro atoms. The van der Waals surface area contributed by atoms with Crippen molar-refractivity contribution >= 4 is 41.1 Å². The van der Waals surface area contributed by atoms with Crippen molar-refractivity contribution < 1.29 is 87.3 Å². The molecular formula is C56H74Cl2N8O18. The van der Waals surface area contributed by atoms with Gasteiger partial charge in [-0.3, -0.25) is 4.79 Å². The van der Waals surface area contributed by atoms with E-state index >= 15 is 0 Å². The van der Waals surface area contributed by atoms with Gasteiger partial charge in [-0.15, -0.1) is 20.4 Å². The number of carbonyl (C=O) groups excluding carboxylic acids is 3. The number of esters is 3. The lowest BCUT2D eigenvalue weighted by Crippen LogP contribution is -2.64. The van der Waals surface area contributed by atoms with Gasteiger partial charge in [-0.2, -0.15) is 0 Å². The second-order valence-corrected chi connectivity index (χ2v) is 21.9. The number of aliphatic hydroxyl groups excluding tert-OH is 5. The van der Waals surface area contributed by atoms with Gasteiger partial charge in [0.15, 0.2) is 48.9 Å². The summed E-state index contributed by atoms with van der Waals surface area (Å²) in [7, 11) is 1.26. The predicted molar refractivity (Wildman–Crippen MR) is 297 cm³/mol. The van der Waals surface area contributed by atoms with Crippen LogP contribution in [-0.4, -0.2) is 183 Å². The van der Waals surface area contributed by atoms with Crippen molar-refractivity contribution in [2.45, 2.75) is 187 Å². The maximum Gasteiger partial charge on any atom is 0.360 e. The predicted octanol–water partition coefficient (Wildman–Crippen LogP) is 5.57. The van der Waals surface area contributed by atoms with Gasteiger partial charge in [0.05, 0.1) is 47.5 Å². The molecule has 5 heterocycles. The van der Waals surface area contributed by atoms with E-state index in [0.717, 1.165) is 12.7 Å². The molecule has 5 N–H and O–H groups in total. The molecule has 0 aliphatic carbocycles. The Morgan fingerprint density at radius 3 is 2.05 bits per heavy atom. The lowest BCUT2D eigenvalue weighted by atomic mass is 9.88. The molecule has 2 aromatic heterocycles. The first kappa shape index (κ1) is 67.1. The van der Waals surface area contributed by atoms with Crippen LogP contribution in [0.1, 0.15) is 111 Å². The molecule has 460 valence electrons. The van der Waals surface area contributed by atoms with Gasteiger partial charge in [-0.25, -0.2) is 9.59 Å². The van der Waals surface area contributed by atoms with Crippen LogP contribution in [0.2, 0.25) is 10.0 Å². The highest BCUT2D eigenvalue weighted by atomic mass is 35.5. The number of benzene rings is 1. The quantitative estimate of drug-likeness (QED) is 0.0626. The van der Waals surface area contributed by atoms with Crippen LogP contribution < -0.4 is 9.47 Å². The van der Waals surface area contributed by atoms with Gasteiger partial charge in [0.2, 0.25) is 0 Å². The van der Waals surface area contributed by atoms with Crippen molar-refractivity contribution in [3.63, 3.8) is 0 Å². The number of rotatable bonds is 17. The summed E-state index contributed by atoms with van der Waals surface area (Å²) in [6, 6.07) is -0.779. The first-order valence-corrected chi connectivity index (χ1v) is 28.0. The summed E-state index contributed by atoms with van der Waals surface area (Å²) < 4.78 is 59.9. The van der Waals surface area contributed by atoms with Gasteiger partial charge in [-0.05, 0) is 90.5 Å². The third kappa shape index (κ3) is 16.7. The molecule has 1 aromatic carbocycles. The summed E-state index contributed by atoms with van der Waals surface area (Å²) in [6.07, 6.45) is -3.86. The molecule has 2 fully saturated rings. The fourth-order valence-electron chi connectivity index (χ4n) is 9.41. The van der Waals surface area contributed by atoms with Crippen molar-refractivity contribution in [2.75, 3.05) is 13.7 Å². The number of carbonyl (C=O) groups is 3. The van der Waals surface area contributed by atoms with Crippen molar-refractivity contribution in [2.24, 2.45) is 11.8 Å². The first-order chi connectivity index (χ1) is 39.8. The highest BCUT2D eigenvalue weighted by molar-refractivity contribution is 6.39. The molecular weight excluding hydrogens is 1140 g/mol. The SMILES string of the molecule is CCc1c(Cl)c(Oc2nncnn2)c(Cl)c(Oc2nncnn2)c1C(=O)O[C@@H]1[C@@H](O)[C@@H](OC)[C@@H](OC/C2=C\C=C\C[C@H](O)/C(C)=C/[C@H](CC)[C@@H](O[C@@H]3OC(C)(C)[C@@H](OC(=O)C(C)C)[C@H](O)[C@@H]3O)/C(C)=C/C(C)=C/C[C@@H]([C@@H](C)O)OC2=O)O[C@H]1C. The van der Waals surface area contributed by atoms with E-state index in [1.54, 1.807) is 53.7 Å². The van der Waals surface area contributed by atoms with Crippen LogP contribution in [0.3, 0.4) is 0 Å². The fraction of sp³-hybridized carbons (Fsp3) is 0.589. The van der Waals surface area contributed by atoms with Gasteiger partial charge in [0.25, 0.3) is 0 Å². The summed E-state index contributed by atoms with van der Waals surface area (Å²) in [5.74, 6) is -4.09. The van der Waals surface area contributed by atoms with Gasteiger partial charge < -0.3 is 72.9 Å². The number of halogens is 2. The third-order valence-corrected chi connectivity index (χ3v) is 14.9. The largest absolute Gasteiger partial charge is 0.456 e. The zero-order chi connectivity index (χ0) is 61.7. The molecule has 0 bridgehead atoms. The molecule has 26 nitrogen and oxygen atoms in total. The molecule has 2 saturated heterocycles. The number of allylic oxidation sites excluding steroid dienone is 4. The van der Waals surface area contributed by atoms with Crippen LogP contribution in [-0.2, 0) is 53.9 Å². The molecule has 0 unspecified atom stereocenters. The van der Waals surface area contributed by atoms with Crippen LogP contribution in [0.25, 0.3) is 0 Å². The lowest BCUT2D eigenvalue weighted by molar-refractivity contribution is -0.333. The Labute approximate surface area is 496 Å². The smallest absolute Gasteiger partial charge is 0.360 e. The minimum atomic E-state index is -1.63.